The lowest BCUT2D eigenvalue weighted by atomic mass is 9.98. The van der Waals surface area contributed by atoms with Gasteiger partial charge in [0.2, 0.25) is 0 Å². The van der Waals surface area contributed by atoms with Gasteiger partial charge in [0.05, 0.1) is 12.6 Å². The summed E-state index contributed by atoms with van der Waals surface area (Å²) in [6.45, 7) is 0.478. The third-order valence-electron chi connectivity index (χ3n) is 3.33. The van der Waals surface area contributed by atoms with Gasteiger partial charge < -0.3 is 10.1 Å². The number of carbonyl (C=O) groups excluding carboxylic acids is 1. The molecule has 0 aliphatic carbocycles. The van der Waals surface area contributed by atoms with E-state index in [0.29, 0.717) is 6.61 Å². The Morgan fingerprint density at radius 2 is 1.75 bits per heavy atom. The first-order valence-corrected chi connectivity index (χ1v) is 6.41. The molecule has 1 amide bonds. The van der Waals surface area contributed by atoms with Crippen LogP contribution < -0.4 is 5.32 Å². The first-order valence-electron chi connectivity index (χ1n) is 6.41. The Morgan fingerprint density at radius 3 is 2.50 bits per heavy atom. The summed E-state index contributed by atoms with van der Waals surface area (Å²) in [5, 5.41) is 2.85. The van der Waals surface area contributed by atoms with Gasteiger partial charge in [-0.25, -0.2) is 4.79 Å². The van der Waals surface area contributed by atoms with Crippen molar-refractivity contribution in [2.24, 2.45) is 0 Å². The molecular weight excluding hydrogens is 274 g/mol. The lowest BCUT2D eigenvalue weighted by Crippen LogP contribution is -2.35. The summed E-state index contributed by atoms with van der Waals surface area (Å²) in [5.41, 5.74) is 3.47. The fourth-order valence-electron chi connectivity index (χ4n) is 2.34. The van der Waals surface area contributed by atoms with E-state index in [-0.39, 0.29) is 24.5 Å². The zero-order valence-electron chi connectivity index (χ0n) is 10.9. The van der Waals surface area contributed by atoms with Gasteiger partial charge in [0.15, 0.2) is 0 Å². The number of rotatable bonds is 2. The Morgan fingerprint density at radius 1 is 1.00 bits per heavy atom. The van der Waals surface area contributed by atoms with Crippen LogP contribution in [0.15, 0.2) is 54.6 Å². The first kappa shape index (κ1) is 14.4. The van der Waals surface area contributed by atoms with Crippen LogP contribution in [0.25, 0.3) is 11.1 Å². The van der Waals surface area contributed by atoms with E-state index in [1.165, 1.54) is 11.1 Å². The maximum absolute atomic E-state index is 11.3. The molecule has 4 heteroatoms. The van der Waals surface area contributed by atoms with Gasteiger partial charge in [-0.15, -0.1) is 12.4 Å². The van der Waals surface area contributed by atoms with Gasteiger partial charge in [-0.3, -0.25) is 0 Å². The predicted molar refractivity (Wildman–Crippen MR) is 81.0 cm³/mol. The van der Waals surface area contributed by atoms with Crippen LogP contribution >= 0.6 is 12.4 Å². The molecule has 0 bridgehead atoms. The number of carbonyl (C=O) groups is 1. The predicted octanol–water partition coefficient (Wildman–Crippen LogP) is 3.95. The van der Waals surface area contributed by atoms with Crippen LogP contribution in [0.4, 0.5) is 4.79 Å². The third-order valence-corrected chi connectivity index (χ3v) is 3.33. The molecule has 1 aliphatic heterocycles. The molecule has 1 aliphatic rings. The molecule has 0 aromatic heterocycles. The van der Waals surface area contributed by atoms with E-state index < -0.39 is 0 Å². The second-order valence-corrected chi connectivity index (χ2v) is 4.61. The maximum atomic E-state index is 11.3. The maximum Gasteiger partial charge on any atom is 0.407 e. The summed E-state index contributed by atoms with van der Waals surface area (Å²) in [7, 11) is 0. The number of benzene rings is 2. The van der Waals surface area contributed by atoms with Gasteiger partial charge in [0.25, 0.3) is 0 Å². The van der Waals surface area contributed by atoms with Crippen LogP contribution in [0.3, 0.4) is 0 Å². The Hall–Kier alpha value is -2.00. The number of hydrogen-bond acceptors (Lipinski definition) is 2. The van der Waals surface area contributed by atoms with Crippen molar-refractivity contribution in [1.82, 2.24) is 5.32 Å². The molecular formula is C16H16ClNO2. The smallest absolute Gasteiger partial charge is 0.407 e. The standard InChI is InChI=1S/C16H15NO2.ClH/c18-16-17-15(9-10-19-16)14-8-4-7-13(11-14)12-5-2-1-3-6-12;/h1-8,11,15H,9-10H2,(H,17,18);1H/t15-;/m1./s1. The van der Waals surface area contributed by atoms with E-state index in [4.69, 9.17) is 4.74 Å². The van der Waals surface area contributed by atoms with Gasteiger partial charge >= 0.3 is 6.09 Å². The molecule has 104 valence electrons. The van der Waals surface area contributed by atoms with E-state index in [2.05, 4.69) is 29.6 Å². The normalized spacial score (nSPS) is 17.6. The molecule has 0 saturated carbocycles. The van der Waals surface area contributed by atoms with E-state index in [9.17, 15) is 4.79 Å². The van der Waals surface area contributed by atoms with E-state index in [0.717, 1.165) is 12.0 Å². The number of ether oxygens (including phenoxy) is 1. The Balaban J connectivity index is 0.00000147. The van der Waals surface area contributed by atoms with Crippen molar-refractivity contribution in [3.8, 4) is 11.1 Å². The molecule has 1 N–H and O–H groups in total. The van der Waals surface area contributed by atoms with Crippen LogP contribution in [0, 0.1) is 0 Å². The highest BCUT2D eigenvalue weighted by Gasteiger charge is 2.20. The van der Waals surface area contributed by atoms with Gasteiger partial charge in [-0.1, -0.05) is 48.5 Å². The van der Waals surface area contributed by atoms with Gasteiger partial charge in [0, 0.05) is 6.42 Å². The molecule has 1 saturated heterocycles. The quantitative estimate of drug-likeness (QED) is 0.909. The molecule has 1 heterocycles. The molecule has 3 nitrogen and oxygen atoms in total. The van der Waals surface area contributed by atoms with Crippen molar-refractivity contribution >= 4 is 18.5 Å². The molecule has 1 fully saturated rings. The summed E-state index contributed by atoms with van der Waals surface area (Å²) in [6.07, 6.45) is 0.477. The second kappa shape index (κ2) is 6.44. The molecule has 2 aromatic carbocycles. The lowest BCUT2D eigenvalue weighted by molar-refractivity contribution is 0.115. The molecule has 0 radical (unpaired) electrons. The largest absolute Gasteiger partial charge is 0.449 e. The minimum Gasteiger partial charge on any atom is -0.449 e. The first-order chi connectivity index (χ1) is 9.33. The number of halogens is 1. The fourth-order valence-corrected chi connectivity index (χ4v) is 2.34. The van der Waals surface area contributed by atoms with Crippen molar-refractivity contribution < 1.29 is 9.53 Å². The van der Waals surface area contributed by atoms with Crippen LogP contribution in [0.5, 0.6) is 0 Å². The number of cyclic esters (lactones) is 1. The molecule has 3 rings (SSSR count). The summed E-state index contributed by atoms with van der Waals surface area (Å²) < 4.78 is 4.89. The molecule has 0 unspecified atom stereocenters. The monoisotopic (exact) mass is 289 g/mol. The average Bonchev–Trinajstić information content (AvgIpc) is 2.48. The average molecular weight is 290 g/mol. The van der Waals surface area contributed by atoms with Crippen LogP contribution in [0.1, 0.15) is 18.0 Å². The Labute approximate surface area is 124 Å². The summed E-state index contributed by atoms with van der Waals surface area (Å²) in [6, 6.07) is 18.6. The number of hydrogen-bond donors (Lipinski definition) is 1. The Kier molecular flexibility index (Phi) is 4.64. The van der Waals surface area contributed by atoms with Crippen molar-refractivity contribution in [2.75, 3.05) is 6.61 Å². The zero-order valence-corrected chi connectivity index (χ0v) is 11.7. The number of nitrogens with one attached hydrogen (secondary N) is 1. The highest BCUT2D eigenvalue weighted by atomic mass is 35.5. The van der Waals surface area contributed by atoms with Crippen LogP contribution in [-0.2, 0) is 4.74 Å². The second-order valence-electron chi connectivity index (χ2n) is 4.61. The molecule has 1 atom stereocenters. The highest BCUT2D eigenvalue weighted by molar-refractivity contribution is 5.85. The third kappa shape index (κ3) is 3.11. The number of alkyl carbamates (subject to hydrolysis) is 1. The molecule has 20 heavy (non-hydrogen) atoms. The van der Waals surface area contributed by atoms with Gasteiger partial charge in [-0.2, -0.15) is 0 Å². The van der Waals surface area contributed by atoms with Crippen LogP contribution in [-0.4, -0.2) is 12.7 Å². The van der Waals surface area contributed by atoms with Gasteiger partial charge in [-0.05, 0) is 22.8 Å². The molecule has 2 aromatic rings. The summed E-state index contributed by atoms with van der Waals surface area (Å²) in [5.74, 6) is 0. The minimum absolute atomic E-state index is 0. The van der Waals surface area contributed by atoms with Crippen molar-refractivity contribution in [3.05, 3.63) is 60.2 Å². The SMILES string of the molecule is Cl.O=C1N[C@@H](c2cccc(-c3ccccc3)c2)CCO1. The lowest BCUT2D eigenvalue weighted by Gasteiger charge is -2.24. The molecule has 0 spiro atoms. The fraction of sp³-hybridized carbons (Fsp3) is 0.188. The van der Waals surface area contributed by atoms with Gasteiger partial charge in [0.1, 0.15) is 0 Å². The highest BCUT2D eigenvalue weighted by Crippen LogP contribution is 2.25. The van der Waals surface area contributed by atoms with Crippen LogP contribution in [0.2, 0.25) is 0 Å². The summed E-state index contributed by atoms with van der Waals surface area (Å²) in [4.78, 5) is 11.3. The Bertz CT molecular complexity index is 586. The minimum atomic E-state index is -0.332. The van der Waals surface area contributed by atoms with E-state index in [1.807, 2.05) is 30.3 Å². The van der Waals surface area contributed by atoms with Crippen molar-refractivity contribution in [1.29, 1.82) is 0 Å². The zero-order chi connectivity index (χ0) is 13.1. The van der Waals surface area contributed by atoms with E-state index in [1.54, 1.807) is 0 Å². The number of amides is 1. The van der Waals surface area contributed by atoms with Crippen molar-refractivity contribution in [2.45, 2.75) is 12.5 Å². The topological polar surface area (TPSA) is 38.3 Å². The summed E-state index contributed by atoms with van der Waals surface area (Å²) >= 11 is 0. The van der Waals surface area contributed by atoms with Crippen molar-refractivity contribution in [3.63, 3.8) is 0 Å². The van der Waals surface area contributed by atoms with E-state index >= 15 is 0 Å².